The highest BCUT2D eigenvalue weighted by molar-refractivity contribution is 6.35. The van der Waals surface area contributed by atoms with Crippen molar-refractivity contribution in [3.8, 4) is 5.75 Å². The van der Waals surface area contributed by atoms with Gasteiger partial charge >= 0.3 is 12.5 Å². The van der Waals surface area contributed by atoms with Crippen LogP contribution in [0.15, 0.2) is 36.4 Å². The van der Waals surface area contributed by atoms with Gasteiger partial charge in [-0.25, -0.2) is 14.7 Å². The number of carbonyl (C=O) groups excluding carboxylic acids is 1. The van der Waals surface area contributed by atoms with Gasteiger partial charge in [-0.2, -0.15) is 0 Å². The first-order valence-corrected chi connectivity index (χ1v) is 12.4. The van der Waals surface area contributed by atoms with Crippen molar-refractivity contribution in [1.82, 2.24) is 14.5 Å². The maximum atomic E-state index is 12.7. The third-order valence-electron chi connectivity index (χ3n) is 6.67. The van der Waals surface area contributed by atoms with Crippen LogP contribution in [0, 0.1) is 11.3 Å². The molecule has 2 amide bonds. The van der Waals surface area contributed by atoms with E-state index in [-0.39, 0.29) is 27.8 Å². The first-order chi connectivity index (χ1) is 17.6. The fourth-order valence-electron chi connectivity index (χ4n) is 5.37. The number of anilines is 2. The molecule has 0 bridgehead atoms. The normalized spacial score (nSPS) is 19.3. The Morgan fingerprint density at radius 1 is 1.21 bits per heavy atom. The molecule has 1 fully saturated rings. The molecule has 8 nitrogen and oxygen atoms in total. The van der Waals surface area contributed by atoms with Crippen LogP contribution in [0.2, 0.25) is 5.02 Å². The average Bonchev–Trinajstić information content (AvgIpc) is 3.13. The summed E-state index contributed by atoms with van der Waals surface area (Å²) in [4.78, 5) is 29.3. The molecule has 1 heterocycles. The lowest BCUT2D eigenvalue weighted by atomic mass is 9.70. The number of alkyl halides is 3. The number of aromatic nitrogens is 2. The summed E-state index contributed by atoms with van der Waals surface area (Å²) in [6.07, 6.45) is -3.45. The highest BCUT2D eigenvalue weighted by Gasteiger charge is 2.35. The van der Waals surface area contributed by atoms with Gasteiger partial charge in [-0.05, 0) is 67.0 Å². The van der Waals surface area contributed by atoms with Gasteiger partial charge in [-0.1, -0.05) is 32.4 Å². The van der Waals surface area contributed by atoms with Gasteiger partial charge in [-0.15, -0.1) is 13.2 Å². The number of halogens is 4. The Morgan fingerprint density at radius 3 is 2.45 bits per heavy atom. The SMILES string of the molecule is C[C@H]1C[C@H](n2c(Nc3ccc(OC(F)(F)F)cc3)nc3cc(C(=O)N(C)C(=O)O)c(Cl)cc32)CC(C)(C)C1. The van der Waals surface area contributed by atoms with E-state index in [0.717, 1.165) is 26.3 Å². The number of carboxylic acid groups (broad SMARTS) is 1. The molecule has 0 unspecified atom stereocenters. The molecule has 12 heteroatoms. The Labute approximate surface area is 222 Å². The van der Waals surface area contributed by atoms with Crippen LogP contribution in [0.25, 0.3) is 11.0 Å². The fourth-order valence-corrected chi connectivity index (χ4v) is 5.61. The molecule has 38 heavy (non-hydrogen) atoms. The smallest absolute Gasteiger partial charge is 0.465 e. The van der Waals surface area contributed by atoms with Crippen molar-refractivity contribution in [2.24, 2.45) is 11.3 Å². The first kappa shape index (κ1) is 27.6. The van der Waals surface area contributed by atoms with Crippen LogP contribution in [0.3, 0.4) is 0 Å². The van der Waals surface area contributed by atoms with Gasteiger partial charge in [-0.3, -0.25) is 4.79 Å². The molecule has 2 N–H and O–H groups in total. The molecule has 1 aromatic heterocycles. The summed E-state index contributed by atoms with van der Waals surface area (Å²) in [6, 6.07) is 8.37. The molecular weight excluding hydrogens is 525 g/mol. The van der Waals surface area contributed by atoms with E-state index in [1.54, 1.807) is 6.07 Å². The number of nitrogens with one attached hydrogen (secondary N) is 1. The lowest BCUT2D eigenvalue weighted by molar-refractivity contribution is -0.274. The zero-order valence-corrected chi connectivity index (χ0v) is 22.0. The van der Waals surface area contributed by atoms with Crippen LogP contribution < -0.4 is 10.1 Å². The summed E-state index contributed by atoms with van der Waals surface area (Å²) in [5.41, 5.74) is 1.60. The minimum absolute atomic E-state index is 0.00809. The highest BCUT2D eigenvalue weighted by atomic mass is 35.5. The van der Waals surface area contributed by atoms with Gasteiger partial charge in [0.15, 0.2) is 0 Å². The quantitative estimate of drug-likeness (QED) is 0.341. The summed E-state index contributed by atoms with van der Waals surface area (Å²) in [5.74, 6) is -0.293. The van der Waals surface area contributed by atoms with Crippen LogP contribution in [0.1, 0.15) is 56.4 Å². The maximum absolute atomic E-state index is 12.7. The number of hydrogen-bond acceptors (Lipinski definition) is 5. The summed E-state index contributed by atoms with van der Waals surface area (Å²) in [5, 5.41) is 12.5. The van der Waals surface area contributed by atoms with E-state index in [1.165, 1.54) is 30.3 Å². The monoisotopic (exact) mass is 552 g/mol. The topological polar surface area (TPSA) is 96.7 Å². The summed E-state index contributed by atoms with van der Waals surface area (Å²) < 4.78 is 43.6. The lowest BCUT2D eigenvalue weighted by Gasteiger charge is -2.40. The van der Waals surface area contributed by atoms with E-state index in [0.29, 0.717) is 33.5 Å². The van der Waals surface area contributed by atoms with Gasteiger partial charge in [0, 0.05) is 18.8 Å². The third-order valence-corrected chi connectivity index (χ3v) is 6.99. The molecule has 1 saturated carbocycles. The molecule has 204 valence electrons. The number of amides is 2. The van der Waals surface area contributed by atoms with Gasteiger partial charge in [0.25, 0.3) is 5.91 Å². The van der Waals surface area contributed by atoms with Gasteiger partial charge in [0.2, 0.25) is 5.95 Å². The Kier molecular flexibility index (Phi) is 7.26. The zero-order chi connectivity index (χ0) is 28.0. The Bertz CT molecular complexity index is 1370. The molecule has 0 saturated heterocycles. The zero-order valence-electron chi connectivity index (χ0n) is 21.3. The van der Waals surface area contributed by atoms with E-state index >= 15 is 0 Å². The summed E-state index contributed by atoms with van der Waals surface area (Å²) in [6.45, 7) is 6.59. The van der Waals surface area contributed by atoms with Gasteiger partial charge < -0.3 is 19.7 Å². The van der Waals surface area contributed by atoms with Crippen molar-refractivity contribution in [1.29, 1.82) is 0 Å². The number of hydrogen-bond donors (Lipinski definition) is 2. The number of nitrogens with zero attached hydrogens (tertiary/aromatic N) is 3. The second-order valence-corrected chi connectivity index (χ2v) is 10.9. The minimum atomic E-state index is -4.80. The molecule has 2 aromatic carbocycles. The number of fused-ring (bicyclic) bond motifs is 1. The second kappa shape index (κ2) is 10.0. The summed E-state index contributed by atoms with van der Waals surface area (Å²) >= 11 is 6.47. The summed E-state index contributed by atoms with van der Waals surface area (Å²) in [7, 11) is 1.13. The third kappa shape index (κ3) is 5.98. The molecule has 2 atom stereocenters. The van der Waals surface area contributed by atoms with Crippen LogP contribution in [-0.2, 0) is 0 Å². The molecule has 0 aliphatic heterocycles. The largest absolute Gasteiger partial charge is 0.573 e. The molecule has 3 aromatic rings. The van der Waals surface area contributed by atoms with E-state index in [2.05, 4.69) is 35.8 Å². The van der Waals surface area contributed by atoms with Crippen LogP contribution in [-0.4, -0.2) is 45.0 Å². The standard InChI is InChI=1S/C26H28ClF3N4O4/c1-14-9-16(13-25(2,3)12-14)34-21-11-19(27)18(22(35)33(4)24(36)37)10-20(21)32-23(34)31-15-5-7-17(8-6-15)38-26(28,29)30/h5-8,10-11,14,16H,9,12-13H2,1-4H3,(H,31,32)(H,36,37)/t14-,16-/m0/s1. The van der Waals surface area contributed by atoms with Crippen LogP contribution in [0.4, 0.5) is 29.6 Å². The average molecular weight is 553 g/mol. The van der Waals surface area contributed by atoms with E-state index in [9.17, 15) is 27.9 Å². The van der Waals surface area contributed by atoms with Crippen molar-refractivity contribution < 1.29 is 32.6 Å². The predicted molar refractivity (Wildman–Crippen MR) is 137 cm³/mol. The molecular formula is C26H28ClF3N4O4. The number of rotatable bonds is 5. The minimum Gasteiger partial charge on any atom is -0.465 e. The molecule has 4 rings (SSSR count). The Hall–Kier alpha value is -3.47. The number of benzene rings is 2. The number of ether oxygens (including phenoxy) is 1. The van der Waals surface area contributed by atoms with Crippen LogP contribution >= 0.6 is 11.6 Å². The highest BCUT2D eigenvalue weighted by Crippen LogP contribution is 2.46. The molecule has 1 aliphatic rings. The number of imide groups is 1. The van der Waals surface area contributed by atoms with Crippen LogP contribution in [0.5, 0.6) is 5.75 Å². The first-order valence-electron chi connectivity index (χ1n) is 12.0. The second-order valence-electron chi connectivity index (χ2n) is 10.5. The predicted octanol–water partition coefficient (Wildman–Crippen LogP) is 7.47. The Morgan fingerprint density at radius 2 is 1.87 bits per heavy atom. The fraction of sp³-hybridized carbons (Fsp3) is 0.423. The van der Waals surface area contributed by atoms with Gasteiger partial charge in [0.1, 0.15) is 5.75 Å². The Balaban J connectivity index is 1.79. The van der Waals surface area contributed by atoms with Gasteiger partial charge in [0.05, 0.1) is 21.6 Å². The van der Waals surface area contributed by atoms with Crippen molar-refractivity contribution in [3.05, 3.63) is 47.0 Å². The molecule has 0 radical (unpaired) electrons. The van der Waals surface area contributed by atoms with E-state index in [4.69, 9.17) is 11.6 Å². The van der Waals surface area contributed by atoms with Crippen molar-refractivity contribution in [3.63, 3.8) is 0 Å². The molecule has 0 spiro atoms. The van der Waals surface area contributed by atoms with Crippen molar-refractivity contribution in [2.45, 2.75) is 52.4 Å². The van der Waals surface area contributed by atoms with E-state index < -0.39 is 18.4 Å². The number of carbonyl (C=O) groups is 2. The maximum Gasteiger partial charge on any atom is 0.573 e. The van der Waals surface area contributed by atoms with Crippen molar-refractivity contribution in [2.75, 3.05) is 12.4 Å². The van der Waals surface area contributed by atoms with E-state index in [1.807, 2.05) is 4.57 Å². The lowest BCUT2D eigenvalue weighted by Crippen LogP contribution is -2.31. The molecule has 1 aliphatic carbocycles. The van der Waals surface area contributed by atoms with Crippen molar-refractivity contribution >= 4 is 46.3 Å². The number of imidazole rings is 1.